The SMILES string of the molecule is COc1ccccc1-c1nnc(SCc2ccc([N+](=O)[O-])cc2)n1C. The summed E-state index contributed by atoms with van der Waals surface area (Å²) in [5, 5.41) is 20.0. The molecular formula is C17H16N4O3S. The Morgan fingerprint density at radius 1 is 1.16 bits per heavy atom. The molecule has 0 aliphatic rings. The van der Waals surface area contributed by atoms with Gasteiger partial charge in [0.05, 0.1) is 17.6 Å². The summed E-state index contributed by atoms with van der Waals surface area (Å²) in [5.41, 5.74) is 1.95. The number of nitro groups is 1. The second-order valence-electron chi connectivity index (χ2n) is 5.28. The van der Waals surface area contributed by atoms with Gasteiger partial charge in [0.15, 0.2) is 11.0 Å². The number of aromatic nitrogens is 3. The fourth-order valence-electron chi connectivity index (χ4n) is 2.37. The van der Waals surface area contributed by atoms with Crippen molar-refractivity contribution < 1.29 is 9.66 Å². The lowest BCUT2D eigenvalue weighted by atomic mass is 10.2. The predicted octanol–water partition coefficient (Wildman–Crippen LogP) is 3.69. The minimum Gasteiger partial charge on any atom is -0.496 e. The molecule has 0 amide bonds. The van der Waals surface area contributed by atoms with Gasteiger partial charge in [-0.3, -0.25) is 10.1 Å². The number of nitrogens with zero attached hydrogens (tertiary/aromatic N) is 4. The number of non-ortho nitro benzene ring substituents is 1. The third-order valence-electron chi connectivity index (χ3n) is 3.70. The van der Waals surface area contributed by atoms with Crippen LogP contribution in [-0.2, 0) is 12.8 Å². The minimum absolute atomic E-state index is 0.0888. The maximum atomic E-state index is 10.7. The first-order valence-electron chi connectivity index (χ1n) is 7.49. The summed E-state index contributed by atoms with van der Waals surface area (Å²) in [6.07, 6.45) is 0. The molecule has 1 aromatic heterocycles. The monoisotopic (exact) mass is 356 g/mol. The van der Waals surface area contributed by atoms with Crippen LogP contribution < -0.4 is 4.74 Å². The van der Waals surface area contributed by atoms with Gasteiger partial charge in [0, 0.05) is 24.9 Å². The molecule has 0 atom stereocenters. The second kappa shape index (κ2) is 7.35. The molecule has 25 heavy (non-hydrogen) atoms. The Morgan fingerprint density at radius 3 is 2.56 bits per heavy atom. The van der Waals surface area contributed by atoms with Crippen molar-refractivity contribution in [2.24, 2.45) is 7.05 Å². The predicted molar refractivity (Wildman–Crippen MR) is 95.6 cm³/mol. The van der Waals surface area contributed by atoms with Crippen LogP contribution in [0.3, 0.4) is 0 Å². The molecule has 0 saturated carbocycles. The van der Waals surface area contributed by atoms with E-state index in [2.05, 4.69) is 10.2 Å². The number of methoxy groups -OCH3 is 1. The zero-order valence-electron chi connectivity index (χ0n) is 13.7. The molecule has 0 spiro atoms. The van der Waals surface area contributed by atoms with E-state index < -0.39 is 4.92 Å². The molecule has 0 unspecified atom stereocenters. The lowest BCUT2D eigenvalue weighted by Gasteiger charge is -2.08. The number of hydrogen-bond donors (Lipinski definition) is 0. The molecule has 128 valence electrons. The Bertz CT molecular complexity index is 893. The van der Waals surface area contributed by atoms with Crippen LogP contribution in [0.4, 0.5) is 5.69 Å². The summed E-state index contributed by atoms with van der Waals surface area (Å²) >= 11 is 1.52. The van der Waals surface area contributed by atoms with Crippen LogP contribution in [0.15, 0.2) is 53.7 Å². The Labute approximate surface area is 148 Å². The van der Waals surface area contributed by atoms with E-state index in [0.717, 1.165) is 27.9 Å². The first-order chi connectivity index (χ1) is 12.1. The molecule has 2 aromatic carbocycles. The first-order valence-corrected chi connectivity index (χ1v) is 8.47. The second-order valence-corrected chi connectivity index (χ2v) is 6.22. The average molecular weight is 356 g/mol. The van der Waals surface area contributed by atoms with Crippen molar-refractivity contribution in [1.82, 2.24) is 14.8 Å². The van der Waals surface area contributed by atoms with Crippen molar-refractivity contribution in [2.45, 2.75) is 10.9 Å². The van der Waals surface area contributed by atoms with Crippen LogP contribution >= 0.6 is 11.8 Å². The van der Waals surface area contributed by atoms with Gasteiger partial charge >= 0.3 is 0 Å². The van der Waals surface area contributed by atoms with E-state index in [1.807, 2.05) is 35.9 Å². The topological polar surface area (TPSA) is 83.1 Å². The van der Waals surface area contributed by atoms with Gasteiger partial charge in [0.25, 0.3) is 5.69 Å². The standard InChI is InChI=1S/C17H16N4O3S/c1-20-16(14-5-3-4-6-15(14)24-2)18-19-17(20)25-11-12-7-9-13(10-8-12)21(22)23/h3-10H,11H2,1-2H3. The van der Waals surface area contributed by atoms with E-state index in [0.29, 0.717) is 5.75 Å². The Morgan fingerprint density at radius 2 is 1.88 bits per heavy atom. The normalized spacial score (nSPS) is 10.6. The maximum absolute atomic E-state index is 10.7. The molecule has 3 rings (SSSR count). The zero-order chi connectivity index (χ0) is 17.8. The molecule has 1 heterocycles. The van der Waals surface area contributed by atoms with Crippen LogP contribution in [0.1, 0.15) is 5.56 Å². The highest BCUT2D eigenvalue weighted by atomic mass is 32.2. The summed E-state index contributed by atoms with van der Waals surface area (Å²) in [6.45, 7) is 0. The lowest BCUT2D eigenvalue weighted by Crippen LogP contribution is -1.97. The largest absolute Gasteiger partial charge is 0.496 e. The van der Waals surface area contributed by atoms with E-state index in [9.17, 15) is 10.1 Å². The van der Waals surface area contributed by atoms with Gasteiger partial charge in [-0.05, 0) is 17.7 Å². The summed E-state index contributed by atoms with van der Waals surface area (Å²) in [6, 6.07) is 14.2. The lowest BCUT2D eigenvalue weighted by molar-refractivity contribution is -0.384. The van der Waals surface area contributed by atoms with Gasteiger partial charge < -0.3 is 9.30 Å². The van der Waals surface area contributed by atoms with Crippen LogP contribution in [0.5, 0.6) is 5.75 Å². The summed E-state index contributed by atoms with van der Waals surface area (Å²) in [7, 11) is 3.53. The molecule has 0 aliphatic heterocycles. The van der Waals surface area contributed by atoms with E-state index in [1.165, 1.54) is 23.9 Å². The summed E-state index contributed by atoms with van der Waals surface area (Å²) in [4.78, 5) is 10.3. The van der Waals surface area contributed by atoms with Gasteiger partial charge in [-0.1, -0.05) is 36.0 Å². The van der Waals surface area contributed by atoms with Crippen LogP contribution in [0.25, 0.3) is 11.4 Å². The molecule has 7 nitrogen and oxygen atoms in total. The van der Waals surface area contributed by atoms with Crippen LogP contribution in [-0.4, -0.2) is 26.8 Å². The van der Waals surface area contributed by atoms with E-state index >= 15 is 0 Å². The van der Waals surface area contributed by atoms with Gasteiger partial charge in [-0.15, -0.1) is 10.2 Å². The van der Waals surface area contributed by atoms with Crippen LogP contribution in [0, 0.1) is 10.1 Å². The highest BCUT2D eigenvalue weighted by Crippen LogP contribution is 2.31. The molecular weight excluding hydrogens is 340 g/mol. The quantitative estimate of drug-likeness (QED) is 0.380. The fourth-order valence-corrected chi connectivity index (χ4v) is 3.23. The van der Waals surface area contributed by atoms with Gasteiger partial charge in [-0.25, -0.2) is 0 Å². The average Bonchev–Trinajstić information content (AvgIpc) is 3.00. The zero-order valence-corrected chi connectivity index (χ0v) is 14.6. The highest BCUT2D eigenvalue weighted by molar-refractivity contribution is 7.98. The van der Waals surface area contributed by atoms with Crippen molar-refractivity contribution in [3.63, 3.8) is 0 Å². The molecule has 8 heteroatoms. The van der Waals surface area contributed by atoms with Crippen molar-refractivity contribution >= 4 is 17.4 Å². The number of para-hydroxylation sites is 1. The van der Waals surface area contributed by atoms with Gasteiger partial charge in [0.2, 0.25) is 0 Å². The third-order valence-corrected chi connectivity index (χ3v) is 4.79. The Kier molecular flexibility index (Phi) is 4.99. The van der Waals surface area contributed by atoms with E-state index in [-0.39, 0.29) is 5.69 Å². The third kappa shape index (κ3) is 3.63. The van der Waals surface area contributed by atoms with Crippen molar-refractivity contribution in [3.8, 4) is 17.1 Å². The van der Waals surface area contributed by atoms with Crippen molar-refractivity contribution in [2.75, 3.05) is 7.11 Å². The summed E-state index contributed by atoms with van der Waals surface area (Å²) < 4.78 is 7.29. The molecule has 0 aliphatic carbocycles. The summed E-state index contributed by atoms with van der Waals surface area (Å²) in [5.74, 6) is 2.11. The smallest absolute Gasteiger partial charge is 0.269 e. The molecule has 0 saturated heterocycles. The molecule has 0 fully saturated rings. The number of benzene rings is 2. The molecule has 0 bridgehead atoms. The Hall–Kier alpha value is -2.87. The van der Waals surface area contributed by atoms with Crippen molar-refractivity contribution in [3.05, 3.63) is 64.2 Å². The number of rotatable bonds is 6. The molecule has 3 aromatic rings. The number of ether oxygens (including phenoxy) is 1. The van der Waals surface area contributed by atoms with Gasteiger partial charge in [-0.2, -0.15) is 0 Å². The minimum atomic E-state index is -0.404. The number of nitro benzene ring substituents is 1. The molecule has 0 N–H and O–H groups in total. The van der Waals surface area contributed by atoms with Crippen molar-refractivity contribution in [1.29, 1.82) is 0 Å². The van der Waals surface area contributed by atoms with E-state index in [1.54, 1.807) is 19.2 Å². The first kappa shape index (κ1) is 17.0. The van der Waals surface area contributed by atoms with Gasteiger partial charge in [0.1, 0.15) is 5.75 Å². The molecule has 0 radical (unpaired) electrons. The fraction of sp³-hybridized carbons (Fsp3) is 0.176. The Balaban J connectivity index is 1.76. The number of thioether (sulfide) groups is 1. The van der Waals surface area contributed by atoms with Crippen LogP contribution in [0.2, 0.25) is 0 Å². The van der Waals surface area contributed by atoms with E-state index in [4.69, 9.17) is 4.74 Å². The highest BCUT2D eigenvalue weighted by Gasteiger charge is 2.15. The maximum Gasteiger partial charge on any atom is 0.269 e. The number of hydrogen-bond acceptors (Lipinski definition) is 6.